The first-order chi connectivity index (χ1) is 43.0. The molecule has 0 saturated carbocycles. The third kappa shape index (κ3) is 16.7. The van der Waals surface area contributed by atoms with Gasteiger partial charge in [-0.2, -0.15) is 0 Å². The van der Waals surface area contributed by atoms with Gasteiger partial charge < -0.3 is 0 Å². The minimum absolute atomic E-state index is 0.164. The van der Waals surface area contributed by atoms with E-state index < -0.39 is 79.7 Å². The molecule has 0 saturated heterocycles. The Labute approximate surface area is 564 Å². The summed E-state index contributed by atoms with van der Waals surface area (Å²) in [5, 5.41) is 12.3. The number of benzene rings is 9. The molecule has 0 bridgehead atoms. The summed E-state index contributed by atoms with van der Waals surface area (Å²) in [5.41, 5.74) is 0. The second-order valence-corrected chi connectivity index (χ2v) is 58.1. The molecule has 0 aliphatic rings. The maximum atomic E-state index is 13.7. The van der Waals surface area contributed by atoms with Gasteiger partial charge in [0.05, 0.1) is 16.1 Å². The summed E-state index contributed by atoms with van der Waals surface area (Å²) in [5.74, 6) is -9.23. The van der Waals surface area contributed by atoms with Crippen LogP contribution in [0.1, 0.15) is 125 Å². The molecule has 496 valence electrons. The Kier molecular flexibility index (Phi) is 25.5. The zero-order valence-corrected chi connectivity index (χ0v) is 65.5. The number of hydrogen-bond donors (Lipinski definition) is 0. The molecule has 0 unspecified atom stereocenters. The summed E-state index contributed by atoms with van der Waals surface area (Å²) in [4.78, 5) is 0. The van der Waals surface area contributed by atoms with E-state index in [9.17, 15) is 22.0 Å². The highest BCUT2D eigenvalue weighted by Gasteiger charge is 2.55. The third-order valence-corrected chi connectivity index (χ3v) is 50.4. The van der Waals surface area contributed by atoms with Crippen molar-refractivity contribution in [1.29, 1.82) is 0 Å². The smallest absolute Gasteiger partial charge is 0.200 e. The average molecular weight is 1340 g/mol. The maximum absolute atomic E-state index is 13.7. The van der Waals surface area contributed by atoms with Crippen molar-refractivity contribution in [2.45, 2.75) is 188 Å². The van der Waals surface area contributed by atoms with Gasteiger partial charge in [0.1, 0.15) is 16.1 Å². The van der Waals surface area contributed by atoms with E-state index in [0.717, 1.165) is 0 Å². The van der Waals surface area contributed by atoms with Crippen molar-refractivity contribution < 1.29 is 22.0 Å². The summed E-state index contributed by atoms with van der Waals surface area (Å²) in [6.45, 7) is 51.6. The fourth-order valence-corrected chi connectivity index (χ4v) is 34.5. The van der Waals surface area contributed by atoms with Gasteiger partial charge in [-0.15, -0.1) is 0 Å². The predicted octanol–water partition coefficient (Wildman–Crippen LogP) is 20.0. The van der Waals surface area contributed by atoms with Crippen molar-refractivity contribution in [2.75, 3.05) is 0 Å². The van der Waals surface area contributed by atoms with Gasteiger partial charge in [0.2, 0.25) is 5.82 Å². The molecule has 0 spiro atoms. The lowest BCUT2D eigenvalue weighted by molar-refractivity contribution is 0.383. The van der Waals surface area contributed by atoms with Gasteiger partial charge in [-0.3, -0.25) is 0 Å². The van der Waals surface area contributed by atoms with E-state index in [1.54, 1.807) is 39.1 Å². The number of halogens is 5. The highest BCUT2D eigenvalue weighted by Crippen LogP contribution is 2.50. The summed E-state index contributed by atoms with van der Waals surface area (Å²) in [6, 6.07) is 88.7. The second-order valence-electron chi connectivity index (χ2n) is 32.2. The summed E-state index contributed by atoms with van der Waals surface area (Å²) in [6.07, 6.45) is 0. The lowest BCUT2D eigenvalue weighted by Crippen LogP contribution is -2.72. The summed E-state index contributed by atoms with van der Waals surface area (Å²) in [7, 11) is -9.91. The molecule has 0 radical (unpaired) electrons. The van der Waals surface area contributed by atoms with E-state index in [2.05, 4.69) is 366 Å². The largest absolute Gasteiger partial charge is 0.204 e. The van der Waals surface area contributed by atoms with Crippen molar-refractivity contribution >= 4 is 87.0 Å². The van der Waals surface area contributed by atoms with Crippen LogP contribution < -0.4 is 46.7 Å². The van der Waals surface area contributed by atoms with Gasteiger partial charge in [0.15, 0.2) is 31.3 Å². The zero-order chi connectivity index (χ0) is 69.9. The Hall–Kier alpha value is -6.29. The Morgan fingerprint density at radius 2 is 0.409 bits per heavy atom. The number of rotatable bonds is 9. The molecule has 0 aliphatic carbocycles. The Morgan fingerprint density at radius 3 is 0.613 bits per heavy atom. The van der Waals surface area contributed by atoms with Gasteiger partial charge in [-0.1, -0.05) is 426 Å². The fraction of sp³-hybridized carbons (Fsp3) is 0.349. The van der Waals surface area contributed by atoms with Crippen LogP contribution in [-0.2, 0) is 0 Å². The molecule has 0 amide bonds. The quantitative estimate of drug-likeness (QED) is 0.0444. The van der Waals surface area contributed by atoms with Crippen molar-refractivity contribution in [2.24, 2.45) is 0 Å². The van der Waals surface area contributed by atoms with E-state index >= 15 is 0 Å². The SMILES string of the molecule is CC(C)(C)[Si](C)(C)c1c(F)c(F)c(F)c(F)c1F.CC(C)(C)[Si](C)(C)c1ccccc1.CC(C)(C)[Si](C)(c1ccccc1)c1ccccc1.CC(C)(C)[Si](c1ccccc1)(c1ccccc1)C(C)(C)C.CC(C)(C)[Si](c1ccccc1)(c1ccccc1)c1ccccc1. The first-order valence-corrected chi connectivity index (χ1v) is 45.5. The molecule has 10 heteroatoms. The van der Waals surface area contributed by atoms with Crippen LogP contribution in [-0.4, -0.2) is 40.4 Å². The van der Waals surface area contributed by atoms with Crippen LogP contribution in [0.3, 0.4) is 0 Å². The van der Waals surface area contributed by atoms with Crippen molar-refractivity contribution in [1.82, 2.24) is 0 Å². The maximum Gasteiger partial charge on any atom is 0.200 e. The van der Waals surface area contributed by atoms with Crippen LogP contribution in [0.25, 0.3) is 0 Å². The Balaban J connectivity index is 0.000000213. The predicted molar refractivity (Wildman–Crippen MR) is 411 cm³/mol. The van der Waals surface area contributed by atoms with Crippen LogP contribution >= 0.6 is 0 Å². The lowest BCUT2D eigenvalue weighted by Gasteiger charge is -2.52. The monoisotopic (exact) mass is 1340 g/mol. The van der Waals surface area contributed by atoms with Crippen LogP contribution in [0.4, 0.5) is 22.0 Å². The molecule has 9 rings (SSSR count). The number of hydrogen-bond acceptors (Lipinski definition) is 0. The van der Waals surface area contributed by atoms with E-state index in [0.29, 0.717) is 10.1 Å². The van der Waals surface area contributed by atoms with Crippen LogP contribution in [0, 0.1) is 29.1 Å². The second kappa shape index (κ2) is 30.6. The topological polar surface area (TPSA) is 0 Å². The minimum Gasteiger partial charge on any atom is -0.204 e. The molecule has 0 fully saturated rings. The van der Waals surface area contributed by atoms with Gasteiger partial charge in [-0.05, 0) is 45.8 Å². The molecule has 0 aromatic heterocycles. The van der Waals surface area contributed by atoms with Crippen molar-refractivity contribution in [3.05, 3.63) is 272 Å². The molecule has 0 aliphatic heterocycles. The molecule has 0 atom stereocenters. The highest BCUT2D eigenvalue weighted by molar-refractivity contribution is 7.13. The lowest BCUT2D eigenvalue weighted by atomic mass is 10.2. The standard InChI is InChI=1S/C22H24Si.C20H28Si.C17H22Si.C12H15F5Si.C12H20Si/c1-22(2,3)23(19-13-7-4-8-14-19,20-15-9-5-10-16-20)21-17-11-6-12-18-21;1-19(2,3)21(20(4,5)6,17-13-9-7-10-14-17)18-15-11-8-12-16-18;1-17(2,3)18(4,15-11-7-5-8-12-15)16-13-9-6-10-14-16;1-12(2,3)18(4,5)11-9(16)7(14)6(13)8(15)10(11)17;1-12(2,3)13(4,5)11-9-7-6-8-10-11/h4-18H,1-3H3;7-16H,1-6H3;5-14H,1-4H3;1-5H3;6-10H,1-5H3. The molecule has 0 nitrogen and oxygen atoms in total. The molecule has 93 heavy (non-hydrogen) atoms. The van der Waals surface area contributed by atoms with Gasteiger partial charge in [0.25, 0.3) is 0 Å². The third-order valence-electron chi connectivity index (χ3n) is 20.7. The van der Waals surface area contributed by atoms with Crippen molar-refractivity contribution in [3.63, 3.8) is 0 Å². The fourth-order valence-electron chi connectivity index (χ4n) is 13.7. The van der Waals surface area contributed by atoms with Gasteiger partial charge in [0, 0.05) is 5.19 Å². The van der Waals surface area contributed by atoms with Crippen LogP contribution in [0.5, 0.6) is 0 Å². The molecular weight excluding hydrogens is 1230 g/mol. The normalized spacial score (nSPS) is 12.7. The minimum atomic E-state index is -2.85. The van der Waals surface area contributed by atoms with E-state index in [-0.39, 0.29) is 15.1 Å². The highest BCUT2D eigenvalue weighted by atomic mass is 28.3. The van der Waals surface area contributed by atoms with Crippen LogP contribution in [0.2, 0.25) is 63.0 Å². The molecular formula is C83H109F5Si5. The first kappa shape index (κ1) is 77.4. The molecule has 0 heterocycles. The summed E-state index contributed by atoms with van der Waals surface area (Å²) < 4.78 is 66.8. The van der Waals surface area contributed by atoms with Gasteiger partial charge in [-0.25, -0.2) is 22.0 Å². The average Bonchev–Trinajstić information content (AvgIpc) is 0.738. The zero-order valence-electron chi connectivity index (χ0n) is 60.5. The Bertz CT molecular complexity index is 3490. The first-order valence-electron chi connectivity index (χ1n) is 33.0. The summed E-state index contributed by atoms with van der Waals surface area (Å²) >= 11 is 0. The Morgan fingerprint density at radius 1 is 0.204 bits per heavy atom. The molecule has 9 aromatic carbocycles. The van der Waals surface area contributed by atoms with E-state index in [1.807, 2.05) is 0 Å². The van der Waals surface area contributed by atoms with E-state index in [1.165, 1.54) is 36.3 Å². The van der Waals surface area contributed by atoms with Crippen LogP contribution in [0.15, 0.2) is 243 Å². The van der Waals surface area contributed by atoms with Gasteiger partial charge >= 0.3 is 0 Å². The molecule has 0 N–H and O–H groups in total. The van der Waals surface area contributed by atoms with E-state index in [4.69, 9.17) is 0 Å². The van der Waals surface area contributed by atoms with Crippen molar-refractivity contribution in [3.8, 4) is 0 Å². The molecule has 9 aromatic rings.